The van der Waals surface area contributed by atoms with Crippen LogP contribution in [-0.4, -0.2) is 34.4 Å². The van der Waals surface area contributed by atoms with E-state index in [0.29, 0.717) is 18.2 Å². The maximum absolute atomic E-state index is 10.7. The van der Waals surface area contributed by atoms with Crippen LogP contribution in [0.25, 0.3) is 0 Å². The molecule has 1 aromatic rings. The van der Waals surface area contributed by atoms with Crippen molar-refractivity contribution in [3.63, 3.8) is 0 Å². The summed E-state index contributed by atoms with van der Waals surface area (Å²) in [6, 6.07) is 0. The fourth-order valence-corrected chi connectivity index (χ4v) is 2.87. The van der Waals surface area contributed by atoms with Gasteiger partial charge in [0.15, 0.2) is 5.69 Å². The molecule has 1 aliphatic rings. The highest BCUT2D eigenvalue weighted by Crippen LogP contribution is 2.42. The lowest BCUT2D eigenvalue weighted by molar-refractivity contribution is -0.0527. The van der Waals surface area contributed by atoms with Crippen LogP contribution in [0.3, 0.4) is 0 Å². The van der Waals surface area contributed by atoms with Crippen LogP contribution in [0.15, 0.2) is 5.38 Å². The number of aliphatic hydroxyl groups is 1. The van der Waals surface area contributed by atoms with Crippen molar-refractivity contribution in [3.8, 4) is 0 Å². The fourth-order valence-electron chi connectivity index (χ4n) is 1.92. The first-order valence-electron chi connectivity index (χ1n) is 5.47. The first-order valence-corrected chi connectivity index (χ1v) is 6.35. The summed E-state index contributed by atoms with van der Waals surface area (Å²) in [6.07, 6.45) is 0.802. The Labute approximate surface area is 103 Å². The normalized spacial score (nSPS) is 21.1. The maximum Gasteiger partial charge on any atom is 0.355 e. The molecule has 0 spiro atoms. The number of aromatic nitrogens is 1. The molecule has 1 saturated heterocycles. The van der Waals surface area contributed by atoms with Crippen molar-refractivity contribution in [2.24, 2.45) is 5.41 Å². The van der Waals surface area contributed by atoms with Gasteiger partial charge in [-0.15, -0.1) is 11.3 Å². The van der Waals surface area contributed by atoms with Crippen LogP contribution in [0.5, 0.6) is 0 Å². The molecule has 2 rings (SSSR count). The molecular weight excluding hydrogens is 242 g/mol. The first kappa shape index (κ1) is 12.5. The minimum Gasteiger partial charge on any atom is -0.476 e. The van der Waals surface area contributed by atoms with Gasteiger partial charge in [0.05, 0.1) is 0 Å². The van der Waals surface area contributed by atoms with Crippen LogP contribution < -0.4 is 0 Å². The van der Waals surface area contributed by atoms with E-state index in [1.807, 2.05) is 6.92 Å². The molecule has 0 bridgehead atoms. The SMILES string of the molecule is CC1(C(O)c2nc(C(=O)O)cs2)CCOCC1. The minimum atomic E-state index is -1.06. The van der Waals surface area contributed by atoms with Gasteiger partial charge < -0.3 is 14.9 Å². The molecule has 94 valence electrons. The van der Waals surface area contributed by atoms with Crippen molar-refractivity contribution < 1.29 is 19.7 Å². The number of ether oxygens (including phenoxy) is 1. The predicted octanol–water partition coefficient (Wildman–Crippen LogP) is 1.69. The summed E-state index contributed by atoms with van der Waals surface area (Å²) < 4.78 is 5.27. The zero-order valence-electron chi connectivity index (χ0n) is 9.55. The summed E-state index contributed by atoms with van der Waals surface area (Å²) in [5, 5.41) is 21.0. The van der Waals surface area contributed by atoms with E-state index < -0.39 is 12.1 Å². The number of hydrogen-bond acceptors (Lipinski definition) is 5. The second-order valence-corrected chi connectivity index (χ2v) is 5.43. The zero-order valence-corrected chi connectivity index (χ0v) is 10.4. The van der Waals surface area contributed by atoms with Gasteiger partial charge in [-0.3, -0.25) is 0 Å². The summed E-state index contributed by atoms with van der Waals surface area (Å²) in [5.41, 5.74) is -0.272. The third kappa shape index (κ3) is 2.48. The number of carboxylic acid groups (broad SMARTS) is 1. The molecule has 6 heteroatoms. The Bertz CT molecular complexity index is 411. The molecule has 0 radical (unpaired) electrons. The van der Waals surface area contributed by atoms with E-state index in [2.05, 4.69) is 4.98 Å². The van der Waals surface area contributed by atoms with Gasteiger partial charge >= 0.3 is 5.97 Å². The van der Waals surface area contributed by atoms with Gasteiger partial charge in [0, 0.05) is 24.0 Å². The molecule has 1 aromatic heterocycles. The lowest BCUT2D eigenvalue weighted by Crippen LogP contribution is -2.32. The summed E-state index contributed by atoms with van der Waals surface area (Å²) in [5.74, 6) is -1.06. The van der Waals surface area contributed by atoms with Crippen molar-refractivity contribution in [1.82, 2.24) is 4.98 Å². The molecule has 2 heterocycles. The van der Waals surface area contributed by atoms with Gasteiger partial charge in [0.1, 0.15) is 11.1 Å². The topological polar surface area (TPSA) is 79.7 Å². The molecule has 1 unspecified atom stereocenters. The second-order valence-electron chi connectivity index (χ2n) is 4.55. The minimum absolute atomic E-state index is 0.000269. The molecule has 1 fully saturated rings. The van der Waals surface area contributed by atoms with Crippen molar-refractivity contribution in [3.05, 3.63) is 16.1 Å². The van der Waals surface area contributed by atoms with Gasteiger partial charge in [-0.05, 0) is 12.8 Å². The standard InChI is InChI=1S/C11H15NO4S/c1-11(2-4-16-5-3-11)8(13)9-12-7(6-17-9)10(14)15/h6,8,13H,2-5H2,1H3,(H,14,15). The van der Waals surface area contributed by atoms with Crippen LogP contribution in [0, 0.1) is 5.41 Å². The van der Waals surface area contributed by atoms with E-state index in [9.17, 15) is 9.90 Å². The maximum atomic E-state index is 10.7. The molecule has 0 aliphatic carbocycles. The molecule has 0 aromatic carbocycles. The summed E-state index contributed by atoms with van der Waals surface area (Å²) in [7, 11) is 0. The lowest BCUT2D eigenvalue weighted by Gasteiger charge is -2.36. The summed E-state index contributed by atoms with van der Waals surface area (Å²) in [6.45, 7) is 3.25. The summed E-state index contributed by atoms with van der Waals surface area (Å²) >= 11 is 1.20. The molecule has 1 aliphatic heterocycles. The Morgan fingerprint density at radius 1 is 1.59 bits per heavy atom. The monoisotopic (exact) mass is 257 g/mol. The third-order valence-corrected chi connectivity index (χ3v) is 4.17. The highest BCUT2D eigenvalue weighted by Gasteiger charge is 2.37. The van der Waals surface area contributed by atoms with Gasteiger partial charge in [-0.25, -0.2) is 9.78 Å². The van der Waals surface area contributed by atoms with Crippen molar-refractivity contribution >= 4 is 17.3 Å². The highest BCUT2D eigenvalue weighted by molar-refractivity contribution is 7.09. The Morgan fingerprint density at radius 3 is 2.76 bits per heavy atom. The number of aromatic carboxylic acids is 1. The highest BCUT2D eigenvalue weighted by atomic mass is 32.1. The van der Waals surface area contributed by atoms with Crippen LogP contribution in [-0.2, 0) is 4.74 Å². The van der Waals surface area contributed by atoms with Crippen LogP contribution >= 0.6 is 11.3 Å². The van der Waals surface area contributed by atoms with Gasteiger partial charge in [0.2, 0.25) is 0 Å². The molecule has 5 nitrogen and oxygen atoms in total. The quantitative estimate of drug-likeness (QED) is 0.861. The van der Waals surface area contributed by atoms with Gasteiger partial charge in [0.25, 0.3) is 0 Å². The van der Waals surface area contributed by atoms with Crippen molar-refractivity contribution in [2.75, 3.05) is 13.2 Å². The van der Waals surface area contributed by atoms with Crippen LogP contribution in [0.1, 0.15) is 41.4 Å². The lowest BCUT2D eigenvalue weighted by atomic mass is 9.77. The number of hydrogen-bond donors (Lipinski definition) is 2. The zero-order chi connectivity index (χ0) is 12.5. The largest absolute Gasteiger partial charge is 0.476 e. The van der Waals surface area contributed by atoms with E-state index in [0.717, 1.165) is 12.8 Å². The second kappa shape index (κ2) is 4.72. The smallest absolute Gasteiger partial charge is 0.355 e. The first-order chi connectivity index (χ1) is 8.03. The Morgan fingerprint density at radius 2 is 2.24 bits per heavy atom. The van der Waals surface area contributed by atoms with Crippen molar-refractivity contribution in [2.45, 2.75) is 25.9 Å². The molecule has 17 heavy (non-hydrogen) atoms. The van der Waals surface area contributed by atoms with E-state index in [1.54, 1.807) is 0 Å². The predicted molar refractivity (Wildman–Crippen MR) is 62.2 cm³/mol. The number of thiazole rings is 1. The van der Waals surface area contributed by atoms with Gasteiger partial charge in [-0.1, -0.05) is 6.92 Å². The van der Waals surface area contributed by atoms with Crippen molar-refractivity contribution in [1.29, 1.82) is 0 Å². The number of aliphatic hydroxyl groups excluding tert-OH is 1. The third-order valence-electron chi connectivity index (χ3n) is 3.27. The van der Waals surface area contributed by atoms with E-state index in [4.69, 9.17) is 9.84 Å². The van der Waals surface area contributed by atoms with Crippen LogP contribution in [0.2, 0.25) is 0 Å². The van der Waals surface area contributed by atoms with E-state index in [-0.39, 0.29) is 11.1 Å². The Kier molecular flexibility index (Phi) is 3.46. The molecule has 1 atom stereocenters. The number of carboxylic acids is 1. The number of nitrogens with zero attached hydrogens (tertiary/aromatic N) is 1. The van der Waals surface area contributed by atoms with E-state index in [1.165, 1.54) is 16.7 Å². The Balaban J connectivity index is 2.17. The average Bonchev–Trinajstić information content (AvgIpc) is 2.78. The fraction of sp³-hybridized carbons (Fsp3) is 0.636. The molecule has 0 amide bonds. The summed E-state index contributed by atoms with van der Waals surface area (Å²) in [4.78, 5) is 14.7. The van der Waals surface area contributed by atoms with E-state index >= 15 is 0 Å². The van der Waals surface area contributed by atoms with Gasteiger partial charge in [-0.2, -0.15) is 0 Å². The molecular formula is C11H15NO4S. The Hall–Kier alpha value is -0.980. The van der Waals surface area contributed by atoms with Crippen LogP contribution in [0.4, 0.5) is 0 Å². The molecule has 0 saturated carbocycles. The number of rotatable bonds is 3. The number of carbonyl (C=O) groups is 1. The average molecular weight is 257 g/mol. The molecule has 2 N–H and O–H groups in total.